The van der Waals surface area contributed by atoms with Crippen LogP contribution in [0, 0.1) is 12.8 Å². The Kier molecular flexibility index (Phi) is 4.99. The average Bonchev–Trinajstić information content (AvgIpc) is 3.12. The van der Waals surface area contributed by atoms with Crippen molar-refractivity contribution in [1.29, 1.82) is 0 Å². The summed E-state index contributed by atoms with van der Waals surface area (Å²) in [5.41, 5.74) is 1.75. The standard InChI is InChI=1S/C19H22N2O3/c1-14-5-2-6-15(11-14)19(23)21-9-3-7-16(13-21)18(22)20-12-17-8-4-10-24-17/h2,4-6,8,10-11,16H,3,7,9,12-13H2,1H3,(H,20,22)/t16-/m1/s1. The van der Waals surface area contributed by atoms with Crippen molar-refractivity contribution < 1.29 is 14.0 Å². The summed E-state index contributed by atoms with van der Waals surface area (Å²) in [6.07, 6.45) is 3.24. The summed E-state index contributed by atoms with van der Waals surface area (Å²) >= 11 is 0. The molecule has 1 fully saturated rings. The third-order valence-electron chi connectivity index (χ3n) is 4.36. The Labute approximate surface area is 141 Å². The Morgan fingerprint density at radius 3 is 2.92 bits per heavy atom. The smallest absolute Gasteiger partial charge is 0.253 e. The van der Waals surface area contributed by atoms with E-state index in [1.54, 1.807) is 17.2 Å². The predicted octanol–water partition coefficient (Wildman–Crippen LogP) is 2.76. The summed E-state index contributed by atoms with van der Waals surface area (Å²) in [4.78, 5) is 26.8. The van der Waals surface area contributed by atoms with Crippen LogP contribution in [0.4, 0.5) is 0 Å². The number of hydrogen-bond donors (Lipinski definition) is 1. The number of rotatable bonds is 4. The monoisotopic (exact) mass is 326 g/mol. The van der Waals surface area contributed by atoms with Gasteiger partial charge in [-0.1, -0.05) is 17.7 Å². The molecule has 1 aromatic carbocycles. The van der Waals surface area contributed by atoms with Gasteiger partial charge in [0.15, 0.2) is 0 Å². The van der Waals surface area contributed by atoms with E-state index in [1.165, 1.54) is 0 Å². The average molecular weight is 326 g/mol. The fraction of sp³-hybridized carbons (Fsp3) is 0.368. The molecular formula is C19H22N2O3. The predicted molar refractivity (Wildman–Crippen MR) is 90.4 cm³/mol. The van der Waals surface area contributed by atoms with Crippen molar-refractivity contribution in [2.75, 3.05) is 13.1 Å². The highest BCUT2D eigenvalue weighted by Gasteiger charge is 2.28. The molecule has 24 heavy (non-hydrogen) atoms. The number of hydrogen-bond acceptors (Lipinski definition) is 3. The van der Waals surface area contributed by atoms with Crippen molar-refractivity contribution in [3.05, 3.63) is 59.5 Å². The molecule has 126 valence electrons. The van der Waals surface area contributed by atoms with Crippen LogP contribution < -0.4 is 5.32 Å². The molecule has 2 amide bonds. The van der Waals surface area contributed by atoms with Crippen molar-refractivity contribution in [1.82, 2.24) is 10.2 Å². The SMILES string of the molecule is Cc1cccc(C(=O)N2CCC[C@@H](C(=O)NCc3ccco3)C2)c1. The second kappa shape index (κ2) is 7.34. The van der Waals surface area contributed by atoms with Crippen LogP contribution in [0.3, 0.4) is 0 Å². The first-order valence-electron chi connectivity index (χ1n) is 8.29. The van der Waals surface area contributed by atoms with Crippen LogP contribution in [0.1, 0.15) is 34.5 Å². The Hall–Kier alpha value is -2.56. The van der Waals surface area contributed by atoms with E-state index < -0.39 is 0 Å². The number of nitrogens with zero attached hydrogens (tertiary/aromatic N) is 1. The van der Waals surface area contributed by atoms with Crippen molar-refractivity contribution >= 4 is 11.8 Å². The molecule has 0 radical (unpaired) electrons. The van der Waals surface area contributed by atoms with E-state index in [9.17, 15) is 9.59 Å². The molecule has 3 rings (SSSR count). The van der Waals surface area contributed by atoms with Gasteiger partial charge in [0.05, 0.1) is 18.7 Å². The zero-order valence-corrected chi connectivity index (χ0v) is 13.8. The third-order valence-corrected chi connectivity index (χ3v) is 4.36. The zero-order chi connectivity index (χ0) is 16.9. The van der Waals surface area contributed by atoms with Gasteiger partial charge in [0.2, 0.25) is 5.91 Å². The molecule has 5 nitrogen and oxygen atoms in total. The summed E-state index contributed by atoms with van der Waals surface area (Å²) in [6, 6.07) is 11.2. The van der Waals surface area contributed by atoms with Crippen molar-refractivity contribution in [3.63, 3.8) is 0 Å². The zero-order valence-electron chi connectivity index (χ0n) is 13.8. The van der Waals surface area contributed by atoms with E-state index in [0.29, 0.717) is 25.2 Å². The summed E-state index contributed by atoms with van der Waals surface area (Å²) in [6.45, 7) is 3.53. The second-order valence-corrected chi connectivity index (χ2v) is 6.26. The minimum atomic E-state index is -0.164. The lowest BCUT2D eigenvalue weighted by atomic mass is 9.96. The molecule has 0 aliphatic carbocycles. The van der Waals surface area contributed by atoms with Crippen LogP contribution in [-0.2, 0) is 11.3 Å². The minimum absolute atomic E-state index is 0.00207. The number of amides is 2. The van der Waals surface area contributed by atoms with Crippen LogP contribution in [0.5, 0.6) is 0 Å². The van der Waals surface area contributed by atoms with Crippen LogP contribution in [0.15, 0.2) is 47.1 Å². The lowest BCUT2D eigenvalue weighted by Gasteiger charge is -2.32. The Balaban J connectivity index is 1.59. The van der Waals surface area contributed by atoms with Gasteiger partial charge in [-0.05, 0) is 44.0 Å². The van der Waals surface area contributed by atoms with E-state index >= 15 is 0 Å². The van der Waals surface area contributed by atoms with Gasteiger partial charge in [0, 0.05) is 18.7 Å². The highest BCUT2D eigenvalue weighted by Crippen LogP contribution is 2.19. The van der Waals surface area contributed by atoms with Gasteiger partial charge in [-0.3, -0.25) is 9.59 Å². The van der Waals surface area contributed by atoms with Crippen LogP contribution in [0.2, 0.25) is 0 Å². The van der Waals surface area contributed by atoms with Crippen molar-refractivity contribution in [2.45, 2.75) is 26.3 Å². The number of carbonyl (C=O) groups excluding carboxylic acids is 2. The normalized spacial score (nSPS) is 17.5. The number of nitrogens with one attached hydrogen (secondary N) is 1. The summed E-state index contributed by atoms with van der Waals surface area (Å²) in [7, 11) is 0. The molecule has 1 aliphatic rings. The number of carbonyl (C=O) groups is 2. The maximum atomic E-state index is 12.6. The van der Waals surface area contributed by atoms with E-state index in [-0.39, 0.29) is 17.7 Å². The largest absolute Gasteiger partial charge is 0.467 e. The molecule has 2 aromatic rings. The molecule has 1 aromatic heterocycles. The first kappa shape index (κ1) is 16.3. The van der Waals surface area contributed by atoms with Gasteiger partial charge in [-0.25, -0.2) is 0 Å². The van der Waals surface area contributed by atoms with E-state index in [4.69, 9.17) is 4.42 Å². The molecule has 0 spiro atoms. The maximum Gasteiger partial charge on any atom is 0.253 e. The van der Waals surface area contributed by atoms with Crippen LogP contribution in [0.25, 0.3) is 0 Å². The molecule has 1 atom stereocenters. The number of piperidine rings is 1. The number of aryl methyl sites for hydroxylation is 1. The van der Waals surface area contributed by atoms with Gasteiger partial charge in [-0.15, -0.1) is 0 Å². The third kappa shape index (κ3) is 3.85. The molecule has 1 N–H and O–H groups in total. The second-order valence-electron chi connectivity index (χ2n) is 6.26. The summed E-state index contributed by atoms with van der Waals surface area (Å²) < 4.78 is 5.22. The van der Waals surface area contributed by atoms with Gasteiger partial charge < -0.3 is 14.6 Å². The molecule has 0 bridgehead atoms. The fourth-order valence-corrected chi connectivity index (χ4v) is 3.07. The highest BCUT2D eigenvalue weighted by atomic mass is 16.3. The first-order valence-corrected chi connectivity index (χ1v) is 8.29. The minimum Gasteiger partial charge on any atom is -0.467 e. The van der Waals surface area contributed by atoms with E-state index in [2.05, 4.69) is 5.32 Å². The molecule has 1 aliphatic heterocycles. The quantitative estimate of drug-likeness (QED) is 0.940. The van der Waals surface area contributed by atoms with Crippen molar-refractivity contribution in [2.24, 2.45) is 5.92 Å². The van der Waals surface area contributed by atoms with Gasteiger partial charge in [0.1, 0.15) is 5.76 Å². The van der Waals surface area contributed by atoms with Crippen molar-refractivity contribution in [3.8, 4) is 0 Å². The van der Waals surface area contributed by atoms with Gasteiger partial charge in [0.25, 0.3) is 5.91 Å². The Bertz CT molecular complexity index is 709. The first-order chi connectivity index (χ1) is 11.6. The Morgan fingerprint density at radius 2 is 2.17 bits per heavy atom. The van der Waals surface area contributed by atoms with E-state index in [0.717, 1.165) is 24.2 Å². The van der Waals surface area contributed by atoms with E-state index in [1.807, 2.05) is 37.3 Å². The topological polar surface area (TPSA) is 62.6 Å². The molecule has 0 unspecified atom stereocenters. The fourth-order valence-electron chi connectivity index (χ4n) is 3.07. The lowest BCUT2D eigenvalue weighted by molar-refractivity contribution is -0.126. The number of furan rings is 1. The van der Waals surface area contributed by atoms with Gasteiger partial charge >= 0.3 is 0 Å². The molecule has 0 saturated carbocycles. The Morgan fingerprint density at radius 1 is 1.29 bits per heavy atom. The number of likely N-dealkylation sites (tertiary alicyclic amines) is 1. The molecule has 5 heteroatoms. The van der Waals surface area contributed by atoms with Crippen LogP contribution >= 0.6 is 0 Å². The summed E-state index contributed by atoms with van der Waals surface area (Å²) in [5.74, 6) is 0.546. The maximum absolute atomic E-state index is 12.6. The molecule has 1 saturated heterocycles. The summed E-state index contributed by atoms with van der Waals surface area (Å²) in [5, 5.41) is 2.89. The van der Waals surface area contributed by atoms with Gasteiger partial charge in [-0.2, -0.15) is 0 Å². The highest BCUT2D eigenvalue weighted by molar-refractivity contribution is 5.94. The van der Waals surface area contributed by atoms with Crippen LogP contribution in [-0.4, -0.2) is 29.8 Å². The molecular weight excluding hydrogens is 304 g/mol. The number of benzene rings is 1. The lowest BCUT2D eigenvalue weighted by Crippen LogP contribution is -2.45. The molecule has 2 heterocycles.